The number of hydrogen-bond donors (Lipinski definition) is 2. The minimum atomic E-state index is -3.24. The number of carbonyl (C=O) groups excluding carboxylic acids is 1. The molecule has 128 valence electrons. The van der Waals surface area contributed by atoms with Crippen molar-refractivity contribution in [2.45, 2.75) is 31.7 Å². The Morgan fingerprint density at radius 3 is 2.17 bits per heavy atom. The highest BCUT2D eigenvalue weighted by Crippen LogP contribution is 2.10. The molecular formula is C15H22N2O5S. The Morgan fingerprint density at radius 2 is 1.74 bits per heavy atom. The largest absolute Gasteiger partial charge is 0.478 e. The van der Waals surface area contributed by atoms with Crippen LogP contribution in [0.3, 0.4) is 0 Å². The molecule has 0 heterocycles. The third kappa shape index (κ3) is 5.24. The summed E-state index contributed by atoms with van der Waals surface area (Å²) < 4.78 is 23.1. The van der Waals surface area contributed by atoms with E-state index in [1.165, 1.54) is 24.1 Å². The summed E-state index contributed by atoms with van der Waals surface area (Å²) in [7, 11) is -1.70. The van der Waals surface area contributed by atoms with Crippen molar-refractivity contribution in [2.75, 3.05) is 13.3 Å². The molecule has 0 aliphatic heterocycles. The van der Waals surface area contributed by atoms with Crippen molar-refractivity contribution < 1.29 is 23.1 Å². The Bertz CT molecular complexity index is 670. The van der Waals surface area contributed by atoms with Gasteiger partial charge in [-0.3, -0.25) is 0 Å². The van der Waals surface area contributed by atoms with Crippen LogP contribution in [-0.4, -0.2) is 55.0 Å². The molecule has 0 aromatic heterocycles. The monoisotopic (exact) mass is 342 g/mol. The quantitative estimate of drug-likeness (QED) is 0.812. The molecule has 0 bridgehead atoms. The second-order valence-corrected chi connectivity index (χ2v) is 7.95. The third-order valence-electron chi connectivity index (χ3n) is 3.93. The van der Waals surface area contributed by atoms with Crippen molar-refractivity contribution in [1.29, 1.82) is 0 Å². The highest BCUT2D eigenvalue weighted by atomic mass is 32.2. The van der Waals surface area contributed by atoms with Crippen molar-refractivity contribution in [1.82, 2.24) is 10.2 Å². The number of sulfone groups is 1. The predicted octanol–water partition coefficient (Wildman–Crippen LogP) is 1.35. The molecule has 1 rings (SSSR count). The van der Waals surface area contributed by atoms with Crippen LogP contribution in [0.4, 0.5) is 4.79 Å². The Morgan fingerprint density at radius 1 is 1.22 bits per heavy atom. The number of nitrogens with one attached hydrogen (secondary N) is 1. The van der Waals surface area contributed by atoms with Gasteiger partial charge in [-0.25, -0.2) is 18.0 Å². The Balaban J connectivity index is 2.63. The van der Waals surface area contributed by atoms with Crippen LogP contribution in [0.1, 0.15) is 29.8 Å². The van der Waals surface area contributed by atoms with Gasteiger partial charge in [0, 0.05) is 25.9 Å². The summed E-state index contributed by atoms with van der Waals surface area (Å²) in [6.45, 7) is 3.46. The zero-order valence-corrected chi connectivity index (χ0v) is 14.4. The molecule has 0 aliphatic rings. The van der Waals surface area contributed by atoms with E-state index in [4.69, 9.17) is 5.11 Å². The topological polar surface area (TPSA) is 104 Å². The van der Waals surface area contributed by atoms with E-state index in [1.54, 1.807) is 26.0 Å². The maximum atomic E-state index is 12.1. The lowest BCUT2D eigenvalue weighted by Crippen LogP contribution is -2.48. The summed E-state index contributed by atoms with van der Waals surface area (Å²) in [6.07, 6.45) is 1.14. The average Bonchev–Trinajstić information content (AvgIpc) is 2.49. The number of hydrogen-bond acceptors (Lipinski definition) is 4. The van der Waals surface area contributed by atoms with E-state index in [0.717, 1.165) is 11.8 Å². The first kappa shape index (κ1) is 19.0. The molecule has 0 fully saturated rings. The van der Waals surface area contributed by atoms with Crippen LogP contribution in [0.2, 0.25) is 0 Å². The SMILES string of the molecule is CC(C(C)S(C)(=O)=O)N(C)C(=O)NCc1ccc(C(=O)O)cc1. The second-order valence-electron chi connectivity index (χ2n) is 5.55. The summed E-state index contributed by atoms with van der Waals surface area (Å²) in [5.74, 6) is -1.01. The van der Waals surface area contributed by atoms with E-state index >= 15 is 0 Å². The van der Waals surface area contributed by atoms with Gasteiger partial charge in [0.25, 0.3) is 0 Å². The van der Waals surface area contributed by atoms with E-state index in [2.05, 4.69) is 5.32 Å². The van der Waals surface area contributed by atoms with Gasteiger partial charge in [0.15, 0.2) is 9.84 Å². The molecule has 0 saturated carbocycles. The first-order chi connectivity index (χ1) is 10.5. The predicted molar refractivity (Wildman–Crippen MR) is 87.2 cm³/mol. The van der Waals surface area contributed by atoms with Gasteiger partial charge in [-0.1, -0.05) is 12.1 Å². The number of carboxylic acids is 1. The first-order valence-electron chi connectivity index (χ1n) is 7.05. The number of carboxylic acid groups (broad SMARTS) is 1. The minimum absolute atomic E-state index is 0.174. The van der Waals surface area contributed by atoms with Gasteiger partial charge < -0.3 is 15.3 Å². The fourth-order valence-electron chi connectivity index (χ4n) is 1.93. The molecule has 7 nitrogen and oxygen atoms in total. The van der Waals surface area contributed by atoms with Crippen LogP contribution < -0.4 is 5.32 Å². The Kier molecular flexibility index (Phi) is 6.14. The number of urea groups is 1. The molecule has 2 atom stereocenters. The van der Waals surface area contributed by atoms with Crippen LogP contribution in [0.15, 0.2) is 24.3 Å². The molecular weight excluding hydrogens is 320 g/mol. The van der Waals surface area contributed by atoms with Crippen LogP contribution >= 0.6 is 0 Å². The highest BCUT2D eigenvalue weighted by Gasteiger charge is 2.27. The van der Waals surface area contributed by atoms with Crippen LogP contribution in [0.25, 0.3) is 0 Å². The zero-order chi connectivity index (χ0) is 17.8. The van der Waals surface area contributed by atoms with Crippen molar-refractivity contribution in [3.05, 3.63) is 35.4 Å². The fourth-order valence-corrected chi connectivity index (χ4v) is 2.82. The lowest BCUT2D eigenvalue weighted by molar-refractivity contribution is 0.0696. The molecule has 0 radical (unpaired) electrons. The smallest absolute Gasteiger partial charge is 0.335 e. The summed E-state index contributed by atoms with van der Waals surface area (Å²) in [4.78, 5) is 24.2. The summed E-state index contributed by atoms with van der Waals surface area (Å²) >= 11 is 0. The van der Waals surface area contributed by atoms with Crippen molar-refractivity contribution in [3.8, 4) is 0 Å². The lowest BCUT2D eigenvalue weighted by Gasteiger charge is -2.29. The normalized spacial score (nSPS) is 13.9. The van der Waals surface area contributed by atoms with Gasteiger partial charge >= 0.3 is 12.0 Å². The zero-order valence-electron chi connectivity index (χ0n) is 13.6. The summed E-state index contributed by atoms with van der Waals surface area (Å²) in [5.41, 5.74) is 0.924. The van der Waals surface area contributed by atoms with Crippen molar-refractivity contribution in [3.63, 3.8) is 0 Å². The molecule has 2 amide bonds. The maximum Gasteiger partial charge on any atom is 0.335 e. The van der Waals surface area contributed by atoms with Gasteiger partial charge in [-0.15, -0.1) is 0 Å². The number of amides is 2. The first-order valence-corrected chi connectivity index (χ1v) is 9.01. The molecule has 0 saturated heterocycles. The summed E-state index contributed by atoms with van der Waals surface area (Å²) in [5, 5.41) is 10.8. The standard InChI is InChI=1S/C15H22N2O5S/c1-10(11(2)23(4,21)22)17(3)15(20)16-9-12-5-7-13(8-6-12)14(18)19/h5-8,10-11H,9H2,1-4H3,(H,16,20)(H,18,19). The van der Waals surface area contributed by atoms with Crippen molar-refractivity contribution >= 4 is 21.8 Å². The molecule has 8 heteroatoms. The van der Waals surface area contributed by atoms with E-state index < -0.39 is 33.1 Å². The van der Waals surface area contributed by atoms with Crippen LogP contribution in [-0.2, 0) is 16.4 Å². The Hall–Kier alpha value is -2.09. The molecule has 0 aliphatic carbocycles. The minimum Gasteiger partial charge on any atom is -0.478 e. The van der Waals surface area contributed by atoms with E-state index in [0.29, 0.717) is 0 Å². The van der Waals surface area contributed by atoms with Gasteiger partial charge in [0.05, 0.1) is 10.8 Å². The van der Waals surface area contributed by atoms with Crippen molar-refractivity contribution in [2.24, 2.45) is 0 Å². The Labute approximate surface area is 136 Å². The molecule has 0 spiro atoms. The van der Waals surface area contributed by atoms with Gasteiger partial charge in [0.1, 0.15) is 0 Å². The number of rotatable bonds is 6. The summed E-state index contributed by atoms with van der Waals surface area (Å²) in [6, 6.07) is 5.29. The number of nitrogens with zero attached hydrogens (tertiary/aromatic N) is 1. The van der Waals surface area contributed by atoms with E-state index in [9.17, 15) is 18.0 Å². The number of carbonyl (C=O) groups is 2. The van der Waals surface area contributed by atoms with E-state index in [1.807, 2.05) is 0 Å². The van der Waals surface area contributed by atoms with Gasteiger partial charge in [-0.05, 0) is 31.5 Å². The highest BCUT2D eigenvalue weighted by molar-refractivity contribution is 7.91. The molecule has 2 N–H and O–H groups in total. The molecule has 1 aromatic carbocycles. The second kappa shape index (κ2) is 7.45. The van der Waals surface area contributed by atoms with Crippen LogP contribution in [0, 0.1) is 0 Å². The maximum absolute atomic E-state index is 12.1. The number of aromatic carboxylic acids is 1. The molecule has 1 aromatic rings. The van der Waals surface area contributed by atoms with Gasteiger partial charge in [0.2, 0.25) is 0 Å². The number of benzene rings is 1. The van der Waals surface area contributed by atoms with E-state index in [-0.39, 0.29) is 12.1 Å². The molecule has 2 unspecified atom stereocenters. The lowest BCUT2D eigenvalue weighted by atomic mass is 10.1. The molecule has 23 heavy (non-hydrogen) atoms. The third-order valence-corrected chi connectivity index (χ3v) is 5.68. The van der Waals surface area contributed by atoms with Crippen LogP contribution in [0.5, 0.6) is 0 Å². The van der Waals surface area contributed by atoms with Gasteiger partial charge in [-0.2, -0.15) is 0 Å². The fraction of sp³-hybridized carbons (Fsp3) is 0.467. The average molecular weight is 342 g/mol.